The van der Waals surface area contributed by atoms with Crippen molar-refractivity contribution in [3.05, 3.63) is 59.9 Å². The van der Waals surface area contributed by atoms with Gasteiger partial charge in [0.1, 0.15) is 0 Å². The van der Waals surface area contributed by atoms with Crippen molar-refractivity contribution in [1.29, 1.82) is 0 Å². The standard InChI is InChI=1S/C19H22N4O3/c1-26-18(24)16-3-2-4-17(13-16)21-19(25)23-11-9-22(10-12-23)14-15-5-7-20-8-6-15/h2-8,13H,9-12,14H2,1H3,(H,21,25). The maximum absolute atomic E-state index is 12.5. The normalized spacial score (nSPS) is 14.7. The average molecular weight is 354 g/mol. The summed E-state index contributed by atoms with van der Waals surface area (Å²) >= 11 is 0. The Kier molecular flexibility index (Phi) is 5.80. The number of amides is 2. The Morgan fingerprint density at radius 2 is 1.85 bits per heavy atom. The molecule has 2 aromatic rings. The first-order valence-electron chi connectivity index (χ1n) is 8.51. The van der Waals surface area contributed by atoms with Gasteiger partial charge in [0.25, 0.3) is 0 Å². The first kappa shape index (κ1) is 17.9. The maximum Gasteiger partial charge on any atom is 0.337 e. The van der Waals surface area contributed by atoms with E-state index in [1.807, 2.05) is 12.1 Å². The lowest BCUT2D eigenvalue weighted by molar-refractivity contribution is 0.0600. The van der Waals surface area contributed by atoms with Gasteiger partial charge in [0.05, 0.1) is 12.7 Å². The van der Waals surface area contributed by atoms with Crippen LogP contribution in [0.4, 0.5) is 10.5 Å². The van der Waals surface area contributed by atoms with Crippen molar-refractivity contribution in [2.45, 2.75) is 6.54 Å². The van der Waals surface area contributed by atoms with Crippen LogP contribution in [0.1, 0.15) is 15.9 Å². The van der Waals surface area contributed by atoms with Crippen molar-refractivity contribution >= 4 is 17.7 Å². The highest BCUT2D eigenvalue weighted by molar-refractivity contribution is 5.93. The van der Waals surface area contributed by atoms with Gasteiger partial charge >= 0.3 is 12.0 Å². The fraction of sp³-hybridized carbons (Fsp3) is 0.316. The number of rotatable bonds is 4. The molecule has 2 amide bonds. The van der Waals surface area contributed by atoms with E-state index in [-0.39, 0.29) is 6.03 Å². The highest BCUT2D eigenvalue weighted by Gasteiger charge is 2.21. The molecule has 136 valence electrons. The third-order valence-electron chi connectivity index (χ3n) is 4.35. The summed E-state index contributed by atoms with van der Waals surface area (Å²) in [6, 6.07) is 10.6. The summed E-state index contributed by atoms with van der Waals surface area (Å²) in [5, 5.41) is 2.85. The molecule has 0 bridgehead atoms. The molecule has 0 spiro atoms. The predicted molar refractivity (Wildman–Crippen MR) is 97.9 cm³/mol. The number of piperazine rings is 1. The quantitative estimate of drug-likeness (QED) is 0.852. The van der Waals surface area contributed by atoms with Crippen molar-refractivity contribution in [2.75, 3.05) is 38.6 Å². The van der Waals surface area contributed by atoms with E-state index < -0.39 is 5.97 Å². The molecule has 2 heterocycles. The van der Waals surface area contributed by atoms with E-state index in [9.17, 15) is 9.59 Å². The Bertz CT molecular complexity index is 758. The number of pyridine rings is 1. The highest BCUT2D eigenvalue weighted by atomic mass is 16.5. The van der Waals surface area contributed by atoms with E-state index in [0.29, 0.717) is 24.3 Å². The second-order valence-corrected chi connectivity index (χ2v) is 6.12. The number of nitrogens with one attached hydrogen (secondary N) is 1. The minimum atomic E-state index is -0.425. The summed E-state index contributed by atoms with van der Waals surface area (Å²) in [5.74, 6) is -0.425. The first-order chi connectivity index (χ1) is 12.7. The number of carbonyl (C=O) groups is 2. The summed E-state index contributed by atoms with van der Waals surface area (Å²) in [4.78, 5) is 32.2. The van der Waals surface area contributed by atoms with Crippen molar-refractivity contribution in [1.82, 2.24) is 14.8 Å². The lowest BCUT2D eigenvalue weighted by Crippen LogP contribution is -2.49. The molecule has 1 aliphatic rings. The number of carbonyl (C=O) groups excluding carboxylic acids is 2. The number of benzene rings is 1. The third-order valence-corrected chi connectivity index (χ3v) is 4.35. The molecular weight excluding hydrogens is 332 g/mol. The van der Waals surface area contributed by atoms with Crippen LogP contribution < -0.4 is 5.32 Å². The second kappa shape index (κ2) is 8.44. The molecule has 1 saturated heterocycles. The van der Waals surface area contributed by atoms with Crippen LogP contribution in [0.2, 0.25) is 0 Å². The van der Waals surface area contributed by atoms with Crippen molar-refractivity contribution < 1.29 is 14.3 Å². The Morgan fingerprint density at radius 3 is 2.54 bits per heavy atom. The van der Waals surface area contributed by atoms with Gasteiger partial charge in [-0.2, -0.15) is 0 Å². The van der Waals surface area contributed by atoms with E-state index in [2.05, 4.69) is 15.2 Å². The Balaban J connectivity index is 1.51. The topological polar surface area (TPSA) is 74.8 Å². The van der Waals surface area contributed by atoms with Gasteiger partial charge in [0.2, 0.25) is 0 Å². The number of ether oxygens (including phenoxy) is 1. The van der Waals surface area contributed by atoms with Gasteiger partial charge < -0.3 is 15.0 Å². The van der Waals surface area contributed by atoms with E-state index in [1.54, 1.807) is 41.6 Å². The van der Waals surface area contributed by atoms with E-state index in [1.165, 1.54) is 12.7 Å². The van der Waals surface area contributed by atoms with Crippen LogP contribution in [0.15, 0.2) is 48.8 Å². The van der Waals surface area contributed by atoms with Crippen molar-refractivity contribution in [3.8, 4) is 0 Å². The van der Waals surface area contributed by atoms with E-state index in [0.717, 1.165) is 19.6 Å². The summed E-state index contributed by atoms with van der Waals surface area (Å²) in [5.41, 5.74) is 2.21. The number of anilines is 1. The van der Waals surface area contributed by atoms with Gasteiger partial charge in [-0.3, -0.25) is 9.88 Å². The molecule has 0 unspecified atom stereocenters. The predicted octanol–water partition coefficient (Wildman–Crippen LogP) is 2.22. The number of esters is 1. The molecule has 0 atom stereocenters. The van der Waals surface area contributed by atoms with Crippen LogP contribution in [0.25, 0.3) is 0 Å². The zero-order chi connectivity index (χ0) is 18.4. The molecule has 1 aromatic heterocycles. The molecule has 0 radical (unpaired) electrons. The second-order valence-electron chi connectivity index (χ2n) is 6.12. The van der Waals surface area contributed by atoms with Crippen LogP contribution in [0.5, 0.6) is 0 Å². The molecule has 0 saturated carbocycles. The molecule has 7 heteroatoms. The fourth-order valence-corrected chi connectivity index (χ4v) is 2.90. The molecule has 1 aromatic carbocycles. The number of hydrogen-bond acceptors (Lipinski definition) is 5. The number of hydrogen-bond donors (Lipinski definition) is 1. The van der Waals surface area contributed by atoms with Crippen LogP contribution in [0, 0.1) is 0 Å². The van der Waals surface area contributed by atoms with E-state index >= 15 is 0 Å². The molecule has 1 fully saturated rings. The molecule has 7 nitrogen and oxygen atoms in total. The molecule has 0 aliphatic carbocycles. The van der Waals surface area contributed by atoms with Crippen LogP contribution in [-0.4, -0.2) is 60.1 Å². The number of aromatic nitrogens is 1. The van der Waals surface area contributed by atoms with Crippen molar-refractivity contribution in [2.24, 2.45) is 0 Å². The Morgan fingerprint density at radius 1 is 1.12 bits per heavy atom. The summed E-state index contributed by atoms with van der Waals surface area (Å²) in [7, 11) is 1.33. The molecule has 1 aliphatic heterocycles. The first-order valence-corrected chi connectivity index (χ1v) is 8.51. The zero-order valence-electron chi connectivity index (χ0n) is 14.7. The lowest BCUT2D eigenvalue weighted by Gasteiger charge is -2.34. The van der Waals surface area contributed by atoms with Crippen LogP contribution in [0.3, 0.4) is 0 Å². The van der Waals surface area contributed by atoms with Gasteiger partial charge in [-0.25, -0.2) is 9.59 Å². The zero-order valence-corrected chi connectivity index (χ0v) is 14.7. The summed E-state index contributed by atoms with van der Waals surface area (Å²) in [6.45, 7) is 3.82. The number of methoxy groups -OCH3 is 1. The summed E-state index contributed by atoms with van der Waals surface area (Å²) < 4.78 is 4.70. The smallest absolute Gasteiger partial charge is 0.337 e. The van der Waals surface area contributed by atoms with Gasteiger partial charge in [0.15, 0.2) is 0 Å². The lowest BCUT2D eigenvalue weighted by atomic mass is 10.2. The fourth-order valence-electron chi connectivity index (χ4n) is 2.90. The largest absolute Gasteiger partial charge is 0.465 e. The molecular formula is C19H22N4O3. The van der Waals surface area contributed by atoms with Gasteiger partial charge in [-0.1, -0.05) is 6.07 Å². The van der Waals surface area contributed by atoms with Crippen LogP contribution in [-0.2, 0) is 11.3 Å². The van der Waals surface area contributed by atoms with Gasteiger partial charge in [-0.05, 0) is 35.9 Å². The Hall–Kier alpha value is -2.93. The van der Waals surface area contributed by atoms with Gasteiger partial charge in [-0.15, -0.1) is 0 Å². The maximum atomic E-state index is 12.5. The number of nitrogens with zero attached hydrogens (tertiary/aromatic N) is 3. The molecule has 26 heavy (non-hydrogen) atoms. The summed E-state index contributed by atoms with van der Waals surface area (Å²) in [6.07, 6.45) is 3.59. The number of urea groups is 1. The average Bonchev–Trinajstić information content (AvgIpc) is 2.69. The highest BCUT2D eigenvalue weighted by Crippen LogP contribution is 2.14. The minimum Gasteiger partial charge on any atom is -0.465 e. The SMILES string of the molecule is COC(=O)c1cccc(NC(=O)N2CCN(Cc3ccncc3)CC2)c1. The van der Waals surface area contributed by atoms with Gasteiger partial charge in [0, 0.05) is 50.8 Å². The minimum absolute atomic E-state index is 0.157. The third kappa shape index (κ3) is 4.58. The van der Waals surface area contributed by atoms with E-state index in [4.69, 9.17) is 4.74 Å². The van der Waals surface area contributed by atoms with Crippen molar-refractivity contribution in [3.63, 3.8) is 0 Å². The molecule has 1 N–H and O–H groups in total. The monoisotopic (exact) mass is 354 g/mol. The molecule has 3 rings (SSSR count). The Labute approximate surface area is 152 Å². The van der Waals surface area contributed by atoms with Crippen LogP contribution >= 0.6 is 0 Å².